The zero-order valence-electron chi connectivity index (χ0n) is 11.2. The van der Waals surface area contributed by atoms with Crippen LogP contribution in [0.4, 0.5) is 0 Å². The van der Waals surface area contributed by atoms with Gasteiger partial charge in [-0.25, -0.2) is 0 Å². The summed E-state index contributed by atoms with van der Waals surface area (Å²) >= 11 is 0. The average Bonchev–Trinajstić information content (AvgIpc) is 2.61. The maximum atomic E-state index is 5.45. The van der Waals surface area contributed by atoms with Gasteiger partial charge in [-0.2, -0.15) is 5.10 Å². The molecule has 0 aromatic carbocycles. The number of hydrogen-bond donors (Lipinski definition) is 2. The maximum absolute atomic E-state index is 5.45. The van der Waals surface area contributed by atoms with Gasteiger partial charge < -0.3 is 14.8 Å². The van der Waals surface area contributed by atoms with Gasteiger partial charge >= 0.3 is 0 Å². The Kier molecular flexibility index (Phi) is 6.18. The summed E-state index contributed by atoms with van der Waals surface area (Å²) in [5, 5.41) is 10.5. The van der Waals surface area contributed by atoms with Crippen LogP contribution in [0, 0.1) is 13.8 Å². The van der Waals surface area contributed by atoms with Crippen LogP contribution >= 0.6 is 0 Å². The van der Waals surface area contributed by atoms with Crippen LogP contribution in [0.2, 0.25) is 0 Å². The summed E-state index contributed by atoms with van der Waals surface area (Å²) in [7, 11) is 0. The molecule has 5 heteroatoms. The molecule has 2 N–H and O–H groups in total. The van der Waals surface area contributed by atoms with Gasteiger partial charge in [0, 0.05) is 37.6 Å². The lowest BCUT2D eigenvalue weighted by atomic mass is 10.2. The summed E-state index contributed by atoms with van der Waals surface area (Å²) in [6.07, 6.45) is -0.169. The minimum Gasteiger partial charge on any atom is -0.352 e. The van der Waals surface area contributed by atoms with Gasteiger partial charge in [0.25, 0.3) is 0 Å². The summed E-state index contributed by atoms with van der Waals surface area (Å²) in [5.74, 6) is 0. The third-order valence-corrected chi connectivity index (χ3v) is 2.60. The van der Waals surface area contributed by atoms with Crippen LogP contribution in [0.1, 0.15) is 30.8 Å². The summed E-state index contributed by atoms with van der Waals surface area (Å²) in [6.45, 7) is 10.8. The number of rotatable bonds is 8. The Labute approximate surface area is 103 Å². The van der Waals surface area contributed by atoms with Crippen LogP contribution in [0.15, 0.2) is 0 Å². The van der Waals surface area contributed by atoms with Gasteiger partial charge in [-0.1, -0.05) is 0 Å². The highest BCUT2D eigenvalue weighted by atomic mass is 16.7. The Morgan fingerprint density at radius 2 is 1.88 bits per heavy atom. The van der Waals surface area contributed by atoms with E-state index in [0.29, 0.717) is 19.8 Å². The molecule has 1 rings (SSSR count). The maximum Gasteiger partial charge on any atom is 0.169 e. The number of nitrogens with zero attached hydrogens (tertiary/aromatic N) is 1. The van der Waals surface area contributed by atoms with Crippen LogP contribution < -0.4 is 5.32 Å². The molecule has 1 aromatic rings. The lowest BCUT2D eigenvalue weighted by Crippen LogP contribution is -2.31. The van der Waals surface area contributed by atoms with Crippen LogP contribution in [-0.4, -0.2) is 36.2 Å². The summed E-state index contributed by atoms with van der Waals surface area (Å²) in [4.78, 5) is 0. The SMILES string of the molecule is CCOC(CNCc1c(C)n[nH]c1C)OCC. The van der Waals surface area contributed by atoms with E-state index in [1.807, 2.05) is 27.7 Å². The largest absolute Gasteiger partial charge is 0.352 e. The molecule has 0 aliphatic carbocycles. The van der Waals surface area contributed by atoms with Gasteiger partial charge in [0.1, 0.15) is 0 Å². The third-order valence-electron chi connectivity index (χ3n) is 2.60. The quantitative estimate of drug-likeness (QED) is 0.677. The first kappa shape index (κ1) is 14.2. The topological polar surface area (TPSA) is 59.2 Å². The van der Waals surface area contributed by atoms with E-state index in [-0.39, 0.29) is 6.29 Å². The van der Waals surface area contributed by atoms with Crippen molar-refractivity contribution in [2.24, 2.45) is 0 Å². The Morgan fingerprint density at radius 1 is 1.24 bits per heavy atom. The average molecular weight is 241 g/mol. The molecule has 17 heavy (non-hydrogen) atoms. The normalized spacial score (nSPS) is 11.4. The van der Waals surface area contributed by atoms with Gasteiger partial charge in [0.15, 0.2) is 6.29 Å². The molecule has 0 spiro atoms. The van der Waals surface area contributed by atoms with Crippen molar-refractivity contribution in [2.45, 2.75) is 40.5 Å². The van der Waals surface area contributed by atoms with E-state index in [4.69, 9.17) is 9.47 Å². The highest BCUT2D eigenvalue weighted by Crippen LogP contribution is 2.08. The number of nitrogens with one attached hydrogen (secondary N) is 2. The van der Waals surface area contributed by atoms with E-state index in [9.17, 15) is 0 Å². The Hall–Kier alpha value is -0.910. The van der Waals surface area contributed by atoms with Crippen molar-refractivity contribution >= 4 is 0 Å². The van der Waals surface area contributed by atoms with Gasteiger partial charge in [0.2, 0.25) is 0 Å². The van der Waals surface area contributed by atoms with Crippen molar-refractivity contribution < 1.29 is 9.47 Å². The van der Waals surface area contributed by atoms with Crippen LogP contribution in [0.25, 0.3) is 0 Å². The first-order chi connectivity index (χ1) is 8.19. The second-order valence-electron chi connectivity index (χ2n) is 3.88. The lowest BCUT2D eigenvalue weighted by molar-refractivity contribution is -0.133. The van der Waals surface area contributed by atoms with Crippen LogP contribution in [0.5, 0.6) is 0 Å². The fraction of sp³-hybridized carbons (Fsp3) is 0.750. The summed E-state index contributed by atoms with van der Waals surface area (Å²) in [5.41, 5.74) is 3.37. The number of ether oxygens (including phenoxy) is 2. The molecule has 1 heterocycles. The molecule has 0 saturated carbocycles. The minimum absolute atomic E-state index is 0.169. The minimum atomic E-state index is -0.169. The fourth-order valence-electron chi connectivity index (χ4n) is 1.69. The molecule has 5 nitrogen and oxygen atoms in total. The van der Waals surface area contributed by atoms with E-state index in [1.165, 1.54) is 5.56 Å². The highest BCUT2D eigenvalue weighted by Gasteiger charge is 2.09. The van der Waals surface area contributed by atoms with Crippen molar-refractivity contribution in [3.8, 4) is 0 Å². The molecule has 0 atom stereocenters. The molecule has 1 aromatic heterocycles. The number of aromatic nitrogens is 2. The second-order valence-corrected chi connectivity index (χ2v) is 3.88. The van der Waals surface area contributed by atoms with Crippen molar-refractivity contribution in [1.82, 2.24) is 15.5 Å². The summed E-state index contributed by atoms with van der Waals surface area (Å²) in [6, 6.07) is 0. The van der Waals surface area contributed by atoms with Gasteiger partial charge in [-0.05, 0) is 27.7 Å². The van der Waals surface area contributed by atoms with Crippen molar-refractivity contribution in [3.63, 3.8) is 0 Å². The van der Waals surface area contributed by atoms with Crippen molar-refractivity contribution in [3.05, 3.63) is 17.0 Å². The van der Waals surface area contributed by atoms with Crippen molar-refractivity contribution in [2.75, 3.05) is 19.8 Å². The number of hydrogen-bond acceptors (Lipinski definition) is 4. The van der Waals surface area contributed by atoms with Crippen molar-refractivity contribution in [1.29, 1.82) is 0 Å². The van der Waals surface area contributed by atoms with E-state index < -0.39 is 0 Å². The molecule has 98 valence electrons. The van der Waals surface area contributed by atoms with Crippen LogP contribution in [0.3, 0.4) is 0 Å². The lowest BCUT2D eigenvalue weighted by Gasteiger charge is -2.17. The molecule has 0 fully saturated rings. The molecule has 0 unspecified atom stereocenters. The standard InChI is InChI=1S/C12H23N3O2/c1-5-16-12(17-6-2)8-13-7-11-9(3)14-15-10(11)4/h12-13H,5-8H2,1-4H3,(H,14,15). The smallest absolute Gasteiger partial charge is 0.169 e. The van der Waals surface area contributed by atoms with E-state index in [1.54, 1.807) is 0 Å². The predicted octanol–water partition coefficient (Wildman–Crippen LogP) is 1.52. The Bertz CT molecular complexity index is 300. The molecular weight excluding hydrogens is 218 g/mol. The molecule has 0 bridgehead atoms. The highest BCUT2D eigenvalue weighted by molar-refractivity contribution is 5.22. The fourth-order valence-corrected chi connectivity index (χ4v) is 1.69. The third kappa shape index (κ3) is 4.46. The second kappa shape index (κ2) is 7.42. The number of H-pyrrole nitrogens is 1. The Balaban J connectivity index is 2.35. The Morgan fingerprint density at radius 3 is 2.35 bits per heavy atom. The van der Waals surface area contributed by atoms with E-state index >= 15 is 0 Å². The van der Waals surface area contributed by atoms with E-state index in [0.717, 1.165) is 17.9 Å². The molecule has 0 radical (unpaired) electrons. The molecule has 0 aliphatic heterocycles. The molecule has 0 saturated heterocycles. The van der Waals surface area contributed by atoms with Crippen LogP contribution in [-0.2, 0) is 16.0 Å². The van der Waals surface area contributed by atoms with Gasteiger partial charge in [-0.15, -0.1) is 0 Å². The summed E-state index contributed by atoms with van der Waals surface area (Å²) < 4.78 is 10.9. The monoisotopic (exact) mass is 241 g/mol. The predicted molar refractivity (Wildman–Crippen MR) is 66.8 cm³/mol. The van der Waals surface area contributed by atoms with Gasteiger partial charge in [0.05, 0.1) is 5.69 Å². The molecular formula is C12H23N3O2. The zero-order valence-corrected chi connectivity index (χ0v) is 11.2. The first-order valence-corrected chi connectivity index (χ1v) is 6.13. The molecule has 0 amide bonds. The first-order valence-electron chi connectivity index (χ1n) is 6.13. The number of aryl methyl sites for hydroxylation is 2. The van der Waals surface area contributed by atoms with E-state index in [2.05, 4.69) is 15.5 Å². The zero-order chi connectivity index (χ0) is 12.7. The number of aromatic amines is 1. The van der Waals surface area contributed by atoms with Gasteiger partial charge in [-0.3, -0.25) is 5.10 Å². The molecule has 0 aliphatic rings.